The van der Waals surface area contributed by atoms with Gasteiger partial charge in [0.1, 0.15) is 72.3 Å². The first-order valence-corrected chi connectivity index (χ1v) is 26.2. The molecule has 2 fully saturated rings. The van der Waals surface area contributed by atoms with Crippen molar-refractivity contribution < 1.29 is 73.7 Å². The van der Waals surface area contributed by atoms with Crippen LogP contribution in [0.4, 0.5) is 0 Å². The SMILES string of the molecule is CC(c1ccccc1)[C@@H]1NC(=O)CNC(=O)[C@H](CO)NC(=O)[C@@H](C(O)C2CN=C(N)N2[C@H]2O[C@H](CO)[C@@H](O)[C@H](O)[C@@H]2O)NC(=O)[C@H](C(O)C2CN=C(N)N2)NC(=O)[C@@H](Cc2ccc3oc(-c4ccc(C(C)(C)C)cc4)nc3c2)NC1=O. The molecule has 81 heavy (non-hydrogen) atoms. The van der Waals surface area contributed by atoms with Crippen LogP contribution in [0.25, 0.3) is 22.6 Å². The quantitative estimate of drug-likeness (QED) is 0.0629. The summed E-state index contributed by atoms with van der Waals surface area (Å²) in [5.41, 5.74) is 15.6. The maximum atomic E-state index is 15.1. The van der Waals surface area contributed by atoms with Crippen molar-refractivity contribution in [3.05, 3.63) is 89.5 Å². The lowest BCUT2D eigenvalue weighted by molar-refractivity contribution is -0.260. The zero-order valence-electron chi connectivity index (χ0n) is 44.7. The van der Waals surface area contributed by atoms with E-state index in [1.54, 1.807) is 55.5 Å². The van der Waals surface area contributed by atoms with E-state index in [1.807, 2.05) is 24.3 Å². The lowest BCUT2D eigenvalue weighted by Gasteiger charge is -2.46. The first-order chi connectivity index (χ1) is 38.5. The molecule has 4 aromatic rings. The highest BCUT2D eigenvalue weighted by atomic mass is 16.6. The zero-order chi connectivity index (χ0) is 58.6. The number of benzene rings is 3. The number of aliphatic hydroxyl groups is 7. The molecule has 0 spiro atoms. The Hall–Kier alpha value is -7.83. The first-order valence-electron chi connectivity index (χ1n) is 26.2. The van der Waals surface area contributed by atoms with Crippen molar-refractivity contribution in [2.75, 3.05) is 32.8 Å². The average molecular weight is 1130 g/mol. The van der Waals surface area contributed by atoms with Crippen molar-refractivity contribution in [3.63, 3.8) is 0 Å². The molecule has 18 N–H and O–H groups in total. The van der Waals surface area contributed by atoms with Crippen LogP contribution in [0.15, 0.2) is 87.2 Å². The molecule has 0 radical (unpaired) electrons. The Labute approximate surface area is 463 Å². The van der Waals surface area contributed by atoms with Crippen molar-refractivity contribution in [2.45, 2.75) is 131 Å². The van der Waals surface area contributed by atoms with Gasteiger partial charge in [0.15, 0.2) is 23.7 Å². The van der Waals surface area contributed by atoms with Crippen LogP contribution in [0.2, 0.25) is 0 Å². The van der Waals surface area contributed by atoms with Gasteiger partial charge in [-0.3, -0.25) is 38.8 Å². The number of aromatic nitrogens is 1. The van der Waals surface area contributed by atoms with E-state index in [4.69, 9.17) is 25.6 Å². The summed E-state index contributed by atoms with van der Waals surface area (Å²) in [6, 6.07) is 9.04. The number of aliphatic hydroxyl groups excluding tert-OH is 7. The van der Waals surface area contributed by atoms with Gasteiger partial charge in [0.05, 0.1) is 44.9 Å². The third-order valence-corrected chi connectivity index (χ3v) is 14.8. The number of aliphatic imine (C=N–C) groups is 2. The third kappa shape index (κ3) is 13.2. The van der Waals surface area contributed by atoms with Gasteiger partial charge < -0.3 is 98.5 Å². The molecule has 0 aliphatic carbocycles. The minimum Gasteiger partial charge on any atom is -0.436 e. The van der Waals surface area contributed by atoms with Gasteiger partial charge in [0.25, 0.3) is 0 Å². The highest BCUT2D eigenvalue weighted by Crippen LogP contribution is 2.31. The Morgan fingerprint density at radius 3 is 2.01 bits per heavy atom. The fourth-order valence-electron chi connectivity index (χ4n) is 10.0. The first kappa shape index (κ1) is 59.3. The minimum atomic E-state index is -2.27. The van der Waals surface area contributed by atoms with Crippen molar-refractivity contribution >= 4 is 58.5 Å². The highest BCUT2D eigenvalue weighted by molar-refractivity contribution is 5.98. The van der Waals surface area contributed by atoms with Gasteiger partial charge in [0.2, 0.25) is 41.3 Å². The molecule has 436 valence electrons. The summed E-state index contributed by atoms with van der Waals surface area (Å²) in [5.74, 6) is -7.87. The van der Waals surface area contributed by atoms with Crippen LogP contribution in [-0.4, -0.2) is 211 Å². The Kier molecular flexibility index (Phi) is 18.2. The van der Waals surface area contributed by atoms with Crippen molar-refractivity contribution in [1.29, 1.82) is 0 Å². The van der Waals surface area contributed by atoms with Gasteiger partial charge in [-0.2, -0.15) is 0 Å². The minimum absolute atomic E-state index is 0.113. The van der Waals surface area contributed by atoms with Crippen LogP contribution < -0.4 is 48.7 Å². The number of fused-ring (bicyclic) bond motifs is 1. The van der Waals surface area contributed by atoms with E-state index in [2.05, 4.69) is 68.0 Å². The second-order valence-electron chi connectivity index (χ2n) is 21.4. The van der Waals surface area contributed by atoms with E-state index < -0.39 is 159 Å². The number of rotatable bonds is 12. The molecule has 4 aliphatic heterocycles. The molecular weight excluding hydrogens is 1060 g/mol. The van der Waals surface area contributed by atoms with Crippen molar-refractivity contribution in [1.82, 2.24) is 47.1 Å². The number of nitrogens with zero attached hydrogens (tertiary/aromatic N) is 4. The van der Waals surface area contributed by atoms with Crippen LogP contribution in [-0.2, 0) is 45.3 Å². The topological polar surface area (TPSA) is 443 Å². The molecule has 0 saturated carbocycles. The molecule has 4 aliphatic rings. The van der Waals surface area contributed by atoms with Crippen LogP contribution in [0, 0.1) is 0 Å². The van der Waals surface area contributed by atoms with Crippen molar-refractivity contribution in [2.24, 2.45) is 21.5 Å². The summed E-state index contributed by atoms with van der Waals surface area (Å²) >= 11 is 0. The number of nitrogens with one attached hydrogen (secondary N) is 7. The van der Waals surface area contributed by atoms with Gasteiger partial charge >= 0.3 is 0 Å². The molecule has 2 saturated heterocycles. The van der Waals surface area contributed by atoms with Gasteiger partial charge in [-0.15, -0.1) is 0 Å². The average Bonchev–Trinajstić information content (AvgIpc) is 4.30. The van der Waals surface area contributed by atoms with E-state index in [1.165, 1.54) is 0 Å². The van der Waals surface area contributed by atoms with Crippen LogP contribution in [0.3, 0.4) is 0 Å². The lowest BCUT2D eigenvalue weighted by atomic mass is 9.87. The number of hydrogen-bond acceptors (Lipinski definition) is 22. The smallest absolute Gasteiger partial charge is 0.246 e. The number of oxazole rings is 1. The van der Waals surface area contributed by atoms with Crippen LogP contribution in [0.1, 0.15) is 50.3 Å². The predicted octanol–water partition coefficient (Wildman–Crippen LogP) is -5.51. The maximum absolute atomic E-state index is 15.1. The highest BCUT2D eigenvalue weighted by Gasteiger charge is 2.52. The Morgan fingerprint density at radius 2 is 1.36 bits per heavy atom. The number of guanidine groups is 2. The molecule has 5 heterocycles. The molecule has 1 aromatic heterocycles. The molecule has 15 atom stereocenters. The molecule has 28 nitrogen and oxygen atoms in total. The summed E-state index contributed by atoms with van der Waals surface area (Å²) in [4.78, 5) is 101. The molecule has 28 heteroatoms. The lowest BCUT2D eigenvalue weighted by Crippen LogP contribution is -2.70. The number of ether oxygens (including phenoxy) is 1. The second-order valence-corrected chi connectivity index (χ2v) is 21.4. The van der Waals surface area contributed by atoms with Gasteiger partial charge in [0, 0.05) is 17.9 Å². The molecule has 8 rings (SSSR count). The van der Waals surface area contributed by atoms with E-state index >= 15 is 9.59 Å². The van der Waals surface area contributed by atoms with Gasteiger partial charge in [-0.05, 0) is 46.4 Å². The largest absolute Gasteiger partial charge is 0.436 e. The van der Waals surface area contributed by atoms with Crippen LogP contribution in [0.5, 0.6) is 0 Å². The van der Waals surface area contributed by atoms with E-state index in [0.29, 0.717) is 33.7 Å². The molecule has 3 aromatic carbocycles. The summed E-state index contributed by atoms with van der Waals surface area (Å²) in [6.45, 7) is 4.37. The predicted molar refractivity (Wildman–Crippen MR) is 288 cm³/mol. The number of carbonyl (C=O) groups excluding carboxylic acids is 6. The number of carbonyl (C=O) groups is 6. The number of hydrogen-bond donors (Lipinski definition) is 16. The fourth-order valence-corrected chi connectivity index (χ4v) is 10.0. The van der Waals surface area contributed by atoms with Crippen molar-refractivity contribution in [3.8, 4) is 11.5 Å². The summed E-state index contributed by atoms with van der Waals surface area (Å²) in [5, 5.41) is 94.5. The zero-order valence-corrected chi connectivity index (χ0v) is 44.7. The molecular formula is C53H69N13O15. The Bertz CT molecular complexity index is 3010. The molecule has 0 bridgehead atoms. The monoisotopic (exact) mass is 1130 g/mol. The standard InChI is InChI=1S/C53H69N13O15/c1-23(25-8-6-5-7-9-25)36-46(77)59-29(17-24-10-15-33-28(16-24)61-49(80-33)26-11-13-27(14-12-26)53(2,3)4)45(76)64-37(39(70)30-18-57-51(54)62-30)48(79)65-38(47(78)60-31(21-67)44(75)56-20-35(69)63-36)40(71)32-19-58-52(55)66(32)50-43(74)42(73)41(72)34(22-68)81-50/h5-16,23,29-32,34,36-43,50,67-68,70-74H,17-22H2,1-4H3,(H2,55,58)(H,56,75)(H,59,77)(H,60,78)(H,63,69)(H,64,76)(H,65,79)(H3,54,57,62)/t23?,29-,30?,31+,32?,34-,36+,37+,38-,39?,40?,41-,42+,43+,50+/m1/s1. The molecule has 6 amide bonds. The summed E-state index contributed by atoms with van der Waals surface area (Å²) in [6.07, 6.45) is -13.5. The van der Waals surface area contributed by atoms with Crippen LogP contribution >= 0.6 is 0 Å². The fraction of sp³-hybridized carbons (Fsp3) is 0.491. The van der Waals surface area contributed by atoms with E-state index in [9.17, 15) is 54.9 Å². The number of amides is 6. The maximum Gasteiger partial charge on any atom is 0.246 e. The summed E-state index contributed by atoms with van der Waals surface area (Å²) in [7, 11) is 0. The van der Waals surface area contributed by atoms with Gasteiger partial charge in [-0.1, -0.05) is 76.2 Å². The molecule has 5 unspecified atom stereocenters. The second kappa shape index (κ2) is 24.9. The van der Waals surface area contributed by atoms with Gasteiger partial charge in [-0.25, -0.2) is 4.98 Å². The Morgan fingerprint density at radius 1 is 0.704 bits per heavy atom. The summed E-state index contributed by atoms with van der Waals surface area (Å²) < 4.78 is 11.8. The normalized spacial score (nSPS) is 29.5. The van der Waals surface area contributed by atoms with E-state index in [-0.39, 0.29) is 24.3 Å². The Balaban J connectivity index is 1.18. The third-order valence-electron chi connectivity index (χ3n) is 14.8. The van der Waals surface area contributed by atoms with E-state index in [0.717, 1.165) is 10.5 Å². The number of nitrogens with two attached hydrogens (primary N) is 2.